The summed E-state index contributed by atoms with van der Waals surface area (Å²) < 4.78 is 5.23. The van der Waals surface area contributed by atoms with Crippen LogP contribution >= 0.6 is 12.4 Å². The van der Waals surface area contributed by atoms with Crippen molar-refractivity contribution in [2.45, 2.75) is 32.7 Å². The standard InChI is InChI=1S/C8H14N2O.ClH/c1-8(2,3)7-10-6(4-9)5-11-7;/h5H,4,9H2,1-3H3;1H. The average molecular weight is 191 g/mol. The second-order valence-electron chi connectivity index (χ2n) is 3.60. The molecule has 3 nitrogen and oxygen atoms in total. The molecule has 0 aliphatic carbocycles. The Morgan fingerprint density at radius 1 is 1.50 bits per heavy atom. The van der Waals surface area contributed by atoms with E-state index in [0.29, 0.717) is 6.54 Å². The van der Waals surface area contributed by atoms with Gasteiger partial charge in [-0.3, -0.25) is 0 Å². The molecule has 0 fully saturated rings. The lowest BCUT2D eigenvalue weighted by molar-refractivity contribution is 0.392. The van der Waals surface area contributed by atoms with Gasteiger partial charge < -0.3 is 10.2 Å². The number of nitrogens with zero attached hydrogens (tertiary/aromatic N) is 1. The second kappa shape index (κ2) is 3.92. The molecule has 0 saturated carbocycles. The Hall–Kier alpha value is -0.540. The summed E-state index contributed by atoms with van der Waals surface area (Å²) in [4.78, 5) is 4.21. The Morgan fingerprint density at radius 2 is 2.08 bits per heavy atom. The fourth-order valence-electron chi connectivity index (χ4n) is 0.745. The van der Waals surface area contributed by atoms with Crippen LogP contribution in [0.2, 0.25) is 0 Å². The lowest BCUT2D eigenvalue weighted by Crippen LogP contribution is -2.11. The van der Waals surface area contributed by atoms with Crippen molar-refractivity contribution in [3.8, 4) is 0 Å². The van der Waals surface area contributed by atoms with E-state index < -0.39 is 0 Å². The highest BCUT2D eigenvalue weighted by Gasteiger charge is 2.19. The largest absolute Gasteiger partial charge is 0.448 e. The van der Waals surface area contributed by atoms with Crippen LogP contribution in [0.25, 0.3) is 0 Å². The fourth-order valence-corrected chi connectivity index (χ4v) is 0.745. The minimum Gasteiger partial charge on any atom is -0.448 e. The maximum Gasteiger partial charge on any atom is 0.199 e. The average Bonchev–Trinajstić information content (AvgIpc) is 2.32. The number of rotatable bonds is 1. The molecule has 12 heavy (non-hydrogen) atoms. The van der Waals surface area contributed by atoms with Crippen molar-refractivity contribution in [2.75, 3.05) is 0 Å². The predicted octanol–water partition coefficient (Wildman–Crippen LogP) is 1.85. The third-order valence-corrected chi connectivity index (χ3v) is 1.40. The molecule has 0 atom stereocenters. The van der Waals surface area contributed by atoms with Gasteiger partial charge in [0.1, 0.15) is 6.26 Å². The fraction of sp³-hybridized carbons (Fsp3) is 0.625. The Balaban J connectivity index is 0.00000121. The number of nitrogens with two attached hydrogens (primary N) is 1. The van der Waals surface area contributed by atoms with Gasteiger partial charge in [-0.05, 0) is 0 Å². The van der Waals surface area contributed by atoms with Gasteiger partial charge >= 0.3 is 0 Å². The molecule has 70 valence electrons. The van der Waals surface area contributed by atoms with E-state index in [0.717, 1.165) is 11.6 Å². The van der Waals surface area contributed by atoms with E-state index in [2.05, 4.69) is 25.8 Å². The SMILES string of the molecule is CC(C)(C)c1nc(CN)co1.Cl. The van der Waals surface area contributed by atoms with Gasteiger partial charge in [0.25, 0.3) is 0 Å². The number of aromatic nitrogens is 1. The molecule has 0 saturated heterocycles. The van der Waals surface area contributed by atoms with Gasteiger partial charge in [-0.1, -0.05) is 20.8 Å². The molecular formula is C8H15ClN2O. The molecule has 0 bridgehead atoms. The Labute approximate surface area is 78.8 Å². The van der Waals surface area contributed by atoms with E-state index in [1.807, 2.05) is 0 Å². The van der Waals surface area contributed by atoms with Gasteiger partial charge in [-0.2, -0.15) is 0 Å². The van der Waals surface area contributed by atoms with Crippen LogP contribution in [0.5, 0.6) is 0 Å². The summed E-state index contributed by atoms with van der Waals surface area (Å²) >= 11 is 0. The molecular weight excluding hydrogens is 176 g/mol. The van der Waals surface area contributed by atoms with Crippen LogP contribution in [-0.4, -0.2) is 4.98 Å². The van der Waals surface area contributed by atoms with E-state index in [4.69, 9.17) is 10.2 Å². The van der Waals surface area contributed by atoms with E-state index in [-0.39, 0.29) is 17.8 Å². The highest BCUT2D eigenvalue weighted by molar-refractivity contribution is 5.85. The van der Waals surface area contributed by atoms with Gasteiger partial charge in [-0.25, -0.2) is 4.98 Å². The zero-order chi connectivity index (χ0) is 8.48. The maximum absolute atomic E-state index is 5.38. The third kappa shape index (κ3) is 2.50. The van der Waals surface area contributed by atoms with Crippen LogP contribution in [0, 0.1) is 0 Å². The Kier molecular flexibility index (Phi) is 3.74. The second-order valence-corrected chi connectivity index (χ2v) is 3.60. The molecule has 1 heterocycles. The summed E-state index contributed by atoms with van der Waals surface area (Å²) in [6.07, 6.45) is 1.61. The lowest BCUT2D eigenvalue weighted by atomic mass is 9.97. The molecule has 0 aromatic carbocycles. The van der Waals surface area contributed by atoms with Gasteiger partial charge in [0, 0.05) is 12.0 Å². The van der Waals surface area contributed by atoms with E-state index in [1.165, 1.54) is 0 Å². The number of oxazole rings is 1. The molecule has 4 heteroatoms. The van der Waals surface area contributed by atoms with Gasteiger partial charge in [0.05, 0.1) is 5.69 Å². The number of hydrogen-bond acceptors (Lipinski definition) is 3. The molecule has 1 aromatic rings. The first kappa shape index (κ1) is 11.5. The summed E-state index contributed by atoms with van der Waals surface area (Å²) in [5, 5.41) is 0. The summed E-state index contributed by atoms with van der Waals surface area (Å²) in [5.74, 6) is 0.748. The monoisotopic (exact) mass is 190 g/mol. The van der Waals surface area contributed by atoms with Gasteiger partial charge in [0.2, 0.25) is 0 Å². The van der Waals surface area contributed by atoms with E-state index >= 15 is 0 Å². The van der Waals surface area contributed by atoms with Crippen LogP contribution in [0.15, 0.2) is 10.7 Å². The Morgan fingerprint density at radius 3 is 2.33 bits per heavy atom. The molecule has 0 aliphatic rings. The zero-order valence-corrected chi connectivity index (χ0v) is 8.44. The van der Waals surface area contributed by atoms with Crippen LogP contribution in [-0.2, 0) is 12.0 Å². The van der Waals surface area contributed by atoms with Crippen LogP contribution in [0.1, 0.15) is 32.4 Å². The Bertz CT molecular complexity index is 239. The molecule has 0 amide bonds. The van der Waals surface area contributed by atoms with Crippen LogP contribution < -0.4 is 5.73 Å². The number of hydrogen-bond donors (Lipinski definition) is 1. The quantitative estimate of drug-likeness (QED) is 0.736. The van der Waals surface area contributed by atoms with Crippen molar-refractivity contribution in [3.63, 3.8) is 0 Å². The van der Waals surface area contributed by atoms with Crippen molar-refractivity contribution >= 4 is 12.4 Å². The first-order valence-electron chi connectivity index (χ1n) is 3.69. The summed E-state index contributed by atoms with van der Waals surface area (Å²) in [6, 6.07) is 0. The molecule has 1 aromatic heterocycles. The highest BCUT2D eigenvalue weighted by Crippen LogP contribution is 2.20. The van der Waals surface area contributed by atoms with Gasteiger partial charge in [-0.15, -0.1) is 12.4 Å². The van der Waals surface area contributed by atoms with Gasteiger partial charge in [0.15, 0.2) is 5.89 Å². The predicted molar refractivity (Wildman–Crippen MR) is 50.3 cm³/mol. The minimum absolute atomic E-state index is 0. The topological polar surface area (TPSA) is 52.0 Å². The van der Waals surface area contributed by atoms with E-state index in [1.54, 1.807) is 6.26 Å². The molecule has 0 radical (unpaired) electrons. The first-order valence-corrected chi connectivity index (χ1v) is 3.69. The normalized spacial score (nSPS) is 11.0. The molecule has 0 unspecified atom stereocenters. The van der Waals surface area contributed by atoms with Crippen LogP contribution in [0.4, 0.5) is 0 Å². The summed E-state index contributed by atoms with van der Waals surface area (Å²) in [5.41, 5.74) is 6.18. The zero-order valence-electron chi connectivity index (χ0n) is 7.63. The minimum atomic E-state index is -0.0204. The lowest BCUT2D eigenvalue weighted by Gasteiger charge is -2.11. The van der Waals surface area contributed by atoms with Crippen molar-refractivity contribution in [3.05, 3.63) is 17.8 Å². The highest BCUT2D eigenvalue weighted by atomic mass is 35.5. The van der Waals surface area contributed by atoms with E-state index in [9.17, 15) is 0 Å². The molecule has 0 aliphatic heterocycles. The summed E-state index contributed by atoms with van der Waals surface area (Å²) in [7, 11) is 0. The number of halogens is 1. The van der Waals surface area contributed by atoms with Crippen molar-refractivity contribution < 1.29 is 4.42 Å². The third-order valence-electron chi connectivity index (χ3n) is 1.40. The van der Waals surface area contributed by atoms with Crippen molar-refractivity contribution in [2.24, 2.45) is 5.73 Å². The van der Waals surface area contributed by atoms with Crippen molar-refractivity contribution in [1.29, 1.82) is 0 Å². The molecule has 2 N–H and O–H groups in total. The summed E-state index contributed by atoms with van der Waals surface area (Å²) in [6.45, 7) is 6.61. The maximum atomic E-state index is 5.38. The molecule has 1 rings (SSSR count). The molecule has 0 spiro atoms. The van der Waals surface area contributed by atoms with Crippen molar-refractivity contribution in [1.82, 2.24) is 4.98 Å². The smallest absolute Gasteiger partial charge is 0.199 e. The van der Waals surface area contributed by atoms with Crippen LogP contribution in [0.3, 0.4) is 0 Å². The first-order chi connectivity index (χ1) is 5.04.